The van der Waals surface area contributed by atoms with Crippen molar-refractivity contribution in [3.8, 4) is 5.75 Å². The van der Waals surface area contributed by atoms with Crippen LogP contribution in [0.4, 0.5) is 0 Å². The maximum atomic E-state index is 12.4. The Balaban J connectivity index is 1.40. The summed E-state index contributed by atoms with van der Waals surface area (Å²) in [5.41, 5.74) is 2.29. The molecule has 0 saturated heterocycles. The molecule has 1 aliphatic heterocycles. The van der Waals surface area contributed by atoms with E-state index < -0.39 is 0 Å². The number of fused-ring (bicyclic) bond motifs is 1. The molecule has 1 amide bonds. The van der Waals surface area contributed by atoms with Crippen molar-refractivity contribution in [2.75, 3.05) is 26.7 Å². The molecule has 0 spiro atoms. The van der Waals surface area contributed by atoms with Gasteiger partial charge in [-0.1, -0.05) is 48.5 Å². The molecule has 3 aromatic rings. The topological polar surface area (TPSA) is 63.9 Å². The van der Waals surface area contributed by atoms with Crippen molar-refractivity contribution in [3.63, 3.8) is 0 Å². The number of ether oxygens (including phenoxy) is 2. The number of carbonyl (C=O) groups is 1. The second-order valence-corrected chi connectivity index (χ2v) is 7.31. The van der Waals surface area contributed by atoms with E-state index in [0.29, 0.717) is 31.2 Å². The fourth-order valence-electron chi connectivity index (χ4n) is 3.63. The molecule has 1 aliphatic rings. The molecular weight excluding hydrogens is 380 g/mol. The fourth-order valence-corrected chi connectivity index (χ4v) is 3.63. The number of rotatable bonds is 7. The van der Waals surface area contributed by atoms with Gasteiger partial charge in [0.05, 0.1) is 0 Å². The minimum Gasteiger partial charge on any atom is -0.484 e. The highest BCUT2D eigenvalue weighted by molar-refractivity contribution is 5.91. The monoisotopic (exact) mass is 406 g/mol. The number of carbonyl (C=O) groups excluding carboxylic acids is 1. The number of furan rings is 1. The van der Waals surface area contributed by atoms with Gasteiger partial charge in [-0.05, 0) is 23.8 Å². The Labute approximate surface area is 176 Å². The standard InChI is InChI=1S/C24H26N2O4/c1-28-17-20-11-12-22(29-20)24(27)25-13-14-26-15-19-9-5-6-10-21(19)30-23(16-26)18-7-3-2-4-8-18/h2-12,23H,13-17H2,1H3,(H,25,27). The van der Waals surface area contributed by atoms with Gasteiger partial charge in [0.1, 0.15) is 24.2 Å². The predicted molar refractivity (Wildman–Crippen MR) is 113 cm³/mol. The van der Waals surface area contributed by atoms with E-state index in [9.17, 15) is 4.79 Å². The second-order valence-electron chi connectivity index (χ2n) is 7.31. The largest absolute Gasteiger partial charge is 0.484 e. The van der Waals surface area contributed by atoms with Crippen molar-refractivity contribution in [2.24, 2.45) is 0 Å². The van der Waals surface area contributed by atoms with E-state index in [1.807, 2.05) is 36.4 Å². The smallest absolute Gasteiger partial charge is 0.287 e. The van der Waals surface area contributed by atoms with Crippen LogP contribution in [0.25, 0.3) is 0 Å². The summed E-state index contributed by atoms with van der Waals surface area (Å²) in [6, 6.07) is 21.8. The first kappa shape index (κ1) is 20.2. The Morgan fingerprint density at radius 1 is 1.10 bits per heavy atom. The SMILES string of the molecule is COCc1ccc(C(=O)NCCN2Cc3ccccc3OC(c3ccccc3)C2)o1. The van der Waals surface area contributed by atoms with E-state index in [-0.39, 0.29) is 12.0 Å². The molecule has 6 nitrogen and oxygen atoms in total. The quantitative estimate of drug-likeness (QED) is 0.647. The van der Waals surface area contributed by atoms with E-state index in [2.05, 4.69) is 28.4 Å². The molecule has 2 heterocycles. The molecule has 6 heteroatoms. The maximum absolute atomic E-state index is 12.4. The Kier molecular flexibility index (Phi) is 6.47. The summed E-state index contributed by atoms with van der Waals surface area (Å²) in [7, 11) is 1.59. The van der Waals surface area contributed by atoms with E-state index >= 15 is 0 Å². The first-order valence-corrected chi connectivity index (χ1v) is 10.1. The van der Waals surface area contributed by atoms with Gasteiger partial charge in [0.25, 0.3) is 5.91 Å². The Bertz CT molecular complexity index is 970. The van der Waals surface area contributed by atoms with Crippen molar-refractivity contribution in [2.45, 2.75) is 19.3 Å². The van der Waals surface area contributed by atoms with E-state index in [4.69, 9.17) is 13.9 Å². The lowest BCUT2D eigenvalue weighted by Gasteiger charge is -2.24. The fraction of sp³-hybridized carbons (Fsp3) is 0.292. The Morgan fingerprint density at radius 3 is 2.73 bits per heavy atom. The van der Waals surface area contributed by atoms with Gasteiger partial charge in [-0.2, -0.15) is 0 Å². The third kappa shape index (κ3) is 4.90. The molecule has 30 heavy (non-hydrogen) atoms. The molecule has 0 fully saturated rings. The molecule has 1 aromatic heterocycles. The molecule has 1 atom stereocenters. The van der Waals surface area contributed by atoms with Gasteiger partial charge in [-0.15, -0.1) is 0 Å². The number of hydrogen-bond acceptors (Lipinski definition) is 5. The van der Waals surface area contributed by atoms with Gasteiger partial charge in [0.2, 0.25) is 0 Å². The van der Waals surface area contributed by atoms with E-state index in [1.54, 1.807) is 19.2 Å². The van der Waals surface area contributed by atoms with Gasteiger partial charge in [0, 0.05) is 38.9 Å². The summed E-state index contributed by atoms with van der Waals surface area (Å²) in [6.07, 6.45) is -0.0628. The zero-order valence-corrected chi connectivity index (χ0v) is 17.0. The van der Waals surface area contributed by atoms with Crippen molar-refractivity contribution in [1.82, 2.24) is 10.2 Å². The summed E-state index contributed by atoms with van der Waals surface area (Å²) in [4.78, 5) is 14.7. The predicted octanol–water partition coefficient (Wildman–Crippen LogP) is 3.79. The molecular formula is C24H26N2O4. The van der Waals surface area contributed by atoms with E-state index in [0.717, 1.165) is 30.0 Å². The summed E-state index contributed by atoms with van der Waals surface area (Å²) in [5, 5.41) is 2.94. The zero-order chi connectivity index (χ0) is 20.8. The molecule has 0 radical (unpaired) electrons. The number of methoxy groups -OCH3 is 1. The van der Waals surface area contributed by atoms with Crippen molar-refractivity contribution in [1.29, 1.82) is 0 Å². The van der Waals surface area contributed by atoms with E-state index in [1.165, 1.54) is 0 Å². The van der Waals surface area contributed by atoms with Crippen LogP contribution in [0.3, 0.4) is 0 Å². The van der Waals surface area contributed by atoms with Crippen molar-refractivity contribution < 1.29 is 18.7 Å². The molecule has 4 rings (SSSR count). The van der Waals surface area contributed by atoms with Crippen LogP contribution in [0, 0.1) is 0 Å². The molecule has 1 unspecified atom stereocenters. The second kappa shape index (κ2) is 9.61. The summed E-state index contributed by atoms with van der Waals surface area (Å²) in [6.45, 7) is 3.09. The number of para-hydroxylation sites is 1. The first-order valence-electron chi connectivity index (χ1n) is 10.1. The summed E-state index contributed by atoms with van der Waals surface area (Å²) < 4.78 is 16.9. The normalized spacial score (nSPS) is 16.4. The highest BCUT2D eigenvalue weighted by Gasteiger charge is 2.24. The highest BCUT2D eigenvalue weighted by Crippen LogP contribution is 2.30. The lowest BCUT2D eigenvalue weighted by molar-refractivity contribution is 0.0907. The number of hydrogen-bond donors (Lipinski definition) is 1. The number of amides is 1. The van der Waals surface area contributed by atoms with Gasteiger partial charge in [-0.3, -0.25) is 9.69 Å². The van der Waals surface area contributed by atoms with Crippen LogP contribution in [0.15, 0.2) is 71.1 Å². The number of nitrogens with one attached hydrogen (secondary N) is 1. The zero-order valence-electron chi connectivity index (χ0n) is 17.0. The molecule has 0 aliphatic carbocycles. The Hall–Kier alpha value is -3.09. The van der Waals surface area contributed by atoms with Crippen LogP contribution in [-0.4, -0.2) is 37.6 Å². The van der Waals surface area contributed by atoms with Crippen LogP contribution >= 0.6 is 0 Å². The van der Waals surface area contributed by atoms with Crippen molar-refractivity contribution in [3.05, 3.63) is 89.4 Å². The molecule has 0 bridgehead atoms. The number of benzene rings is 2. The average molecular weight is 406 g/mol. The van der Waals surface area contributed by atoms with Crippen LogP contribution in [0.1, 0.15) is 33.5 Å². The minimum absolute atomic E-state index is 0.0628. The molecule has 1 N–H and O–H groups in total. The number of nitrogens with zero attached hydrogens (tertiary/aromatic N) is 1. The molecule has 156 valence electrons. The third-order valence-electron chi connectivity index (χ3n) is 5.12. The summed E-state index contributed by atoms with van der Waals surface area (Å²) >= 11 is 0. The van der Waals surface area contributed by atoms with Gasteiger partial charge < -0.3 is 19.2 Å². The first-order chi connectivity index (χ1) is 14.7. The lowest BCUT2D eigenvalue weighted by atomic mass is 10.1. The minimum atomic E-state index is -0.219. The maximum Gasteiger partial charge on any atom is 0.287 e. The molecule has 2 aromatic carbocycles. The van der Waals surface area contributed by atoms with Gasteiger partial charge in [-0.25, -0.2) is 0 Å². The van der Waals surface area contributed by atoms with Crippen LogP contribution in [0.5, 0.6) is 5.75 Å². The molecule has 0 saturated carbocycles. The summed E-state index contributed by atoms with van der Waals surface area (Å²) in [5.74, 6) is 1.63. The Morgan fingerprint density at radius 2 is 1.90 bits per heavy atom. The lowest BCUT2D eigenvalue weighted by Crippen LogP contribution is -2.36. The van der Waals surface area contributed by atoms with Crippen LogP contribution < -0.4 is 10.1 Å². The van der Waals surface area contributed by atoms with Gasteiger partial charge in [0.15, 0.2) is 5.76 Å². The van der Waals surface area contributed by atoms with Crippen molar-refractivity contribution >= 4 is 5.91 Å². The van der Waals surface area contributed by atoms with Crippen LogP contribution in [-0.2, 0) is 17.9 Å². The van der Waals surface area contributed by atoms with Crippen LogP contribution in [0.2, 0.25) is 0 Å². The third-order valence-corrected chi connectivity index (χ3v) is 5.12. The van der Waals surface area contributed by atoms with Gasteiger partial charge >= 0.3 is 0 Å². The highest BCUT2D eigenvalue weighted by atomic mass is 16.5. The average Bonchev–Trinajstić information content (AvgIpc) is 3.15.